The first-order valence-electron chi connectivity index (χ1n) is 8.41. The smallest absolute Gasteiger partial charge is 0.230 e. The number of benzene rings is 1. The molecule has 0 bridgehead atoms. The van der Waals surface area contributed by atoms with E-state index in [1.807, 2.05) is 31.1 Å². The van der Waals surface area contributed by atoms with Gasteiger partial charge in [0, 0.05) is 32.6 Å². The number of nitrogens with zero attached hydrogens (tertiary/aromatic N) is 4. The summed E-state index contributed by atoms with van der Waals surface area (Å²) in [5.74, 6) is -3.22. The van der Waals surface area contributed by atoms with Crippen molar-refractivity contribution in [2.75, 3.05) is 24.3 Å². The van der Waals surface area contributed by atoms with Gasteiger partial charge < -0.3 is 10.2 Å². The maximum absolute atomic E-state index is 13.3. The van der Waals surface area contributed by atoms with E-state index in [1.165, 1.54) is 4.68 Å². The average Bonchev–Trinajstić information content (AvgIpc) is 3.06. The van der Waals surface area contributed by atoms with Gasteiger partial charge >= 0.3 is 0 Å². The normalized spacial score (nSPS) is 10.8. The van der Waals surface area contributed by atoms with Crippen LogP contribution in [0.3, 0.4) is 0 Å². The summed E-state index contributed by atoms with van der Waals surface area (Å²) in [6, 6.07) is 7.00. The number of amides is 1. The third-order valence-electron chi connectivity index (χ3n) is 3.93. The molecule has 0 unspecified atom stereocenters. The molecule has 0 saturated carbocycles. The maximum Gasteiger partial charge on any atom is 0.230 e. The minimum Gasteiger partial charge on any atom is -0.363 e. The van der Waals surface area contributed by atoms with Crippen LogP contribution in [0.5, 0.6) is 0 Å². The fourth-order valence-electron chi connectivity index (χ4n) is 2.56. The van der Waals surface area contributed by atoms with Gasteiger partial charge in [-0.15, -0.1) is 0 Å². The van der Waals surface area contributed by atoms with Crippen molar-refractivity contribution in [2.24, 2.45) is 0 Å². The van der Waals surface area contributed by atoms with Gasteiger partial charge in [0.15, 0.2) is 23.3 Å². The van der Waals surface area contributed by atoms with Crippen LogP contribution in [0.2, 0.25) is 0 Å². The number of anilines is 2. The number of aromatic nitrogens is 3. The summed E-state index contributed by atoms with van der Waals surface area (Å²) in [5.41, 5.74) is 0.962. The van der Waals surface area contributed by atoms with Gasteiger partial charge in [-0.3, -0.25) is 9.48 Å². The molecule has 2 heterocycles. The number of rotatable bonds is 6. The molecule has 9 heteroatoms. The largest absolute Gasteiger partial charge is 0.363 e. The Morgan fingerprint density at radius 2 is 1.82 bits per heavy atom. The first-order chi connectivity index (χ1) is 13.3. The molecule has 0 aliphatic rings. The van der Waals surface area contributed by atoms with E-state index in [-0.39, 0.29) is 24.4 Å². The lowest BCUT2D eigenvalue weighted by Gasteiger charge is -2.11. The van der Waals surface area contributed by atoms with Crippen LogP contribution < -0.4 is 10.2 Å². The molecule has 0 saturated heterocycles. The van der Waals surface area contributed by atoms with Crippen molar-refractivity contribution in [1.29, 1.82) is 0 Å². The van der Waals surface area contributed by atoms with E-state index in [1.54, 1.807) is 18.5 Å². The molecule has 1 aromatic carbocycles. The Balaban J connectivity index is 1.60. The van der Waals surface area contributed by atoms with E-state index in [0.29, 0.717) is 5.82 Å². The second kappa shape index (κ2) is 8.12. The number of carbonyl (C=O) groups excluding carboxylic acids is 1. The number of carbonyl (C=O) groups is 1. The van der Waals surface area contributed by atoms with Crippen molar-refractivity contribution in [3.8, 4) is 0 Å². The van der Waals surface area contributed by atoms with Gasteiger partial charge in [-0.05, 0) is 29.3 Å². The van der Waals surface area contributed by atoms with E-state index >= 15 is 0 Å². The molecule has 0 aliphatic heterocycles. The summed E-state index contributed by atoms with van der Waals surface area (Å²) in [6.07, 6.45) is 3.30. The van der Waals surface area contributed by atoms with Crippen molar-refractivity contribution < 1.29 is 18.0 Å². The highest BCUT2D eigenvalue weighted by molar-refractivity contribution is 5.91. The summed E-state index contributed by atoms with van der Waals surface area (Å²) in [4.78, 5) is 18.3. The molecule has 0 radical (unpaired) electrons. The topological polar surface area (TPSA) is 63.1 Å². The third-order valence-corrected chi connectivity index (χ3v) is 3.93. The highest BCUT2D eigenvalue weighted by Gasteiger charge is 2.12. The molecule has 146 valence electrons. The Bertz CT molecular complexity index is 962. The van der Waals surface area contributed by atoms with Gasteiger partial charge in [0.1, 0.15) is 5.82 Å². The van der Waals surface area contributed by atoms with E-state index in [2.05, 4.69) is 15.4 Å². The summed E-state index contributed by atoms with van der Waals surface area (Å²) in [5, 5.41) is 6.78. The molecule has 3 aromatic rings. The fraction of sp³-hybridized carbons (Fsp3) is 0.211. The van der Waals surface area contributed by atoms with Gasteiger partial charge in [-0.1, -0.05) is 6.07 Å². The zero-order chi connectivity index (χ0) is 20.3. The summed E-state index contributed by atoms with van der Waals surface area (Å²) >= 11 is 0. The van der Waals surface area contributed by atoms with E-state index < -0.39 is 17.5 Å². The SMILES string of the molecule is CN(C)c1ccc(CC(=O)Nc2ccn(Cc3cc(F)c(F)c(F)c3)n2)cn1. The van der Waals surface area contributed by atoms with Crippen LogP contribution >= 0.6 is 0 Å². The highest BCUT2D eigenvalue weighted by atomic mass is 19.2. The minimum absolute atomic E-state index is 0.0277. The first kappa shape index (κ1) is 19.4. The molecule has 1 N–H and O–H groups in total. The van der Waals surface area contributed by atoms with Crippen LogP contribution in [0.4, 0.5) is 24.8 Å². The monoisotopic (exact) mass is 389 g/mol. The number of hydrogen-bond acceptors (Lipinski definition) is 4. The van der Waals surface area contributed by atoms with Crippen LogP contribution in [0.25, 0.3) is 0 Å². The molecule has 6 nitrogen and oxygen atoms in total. The molecule has 3 rings (SSSR count). The number of nitrogens with one attached hydrogen (secondary N) is 1. The molecule has 2 aromatic heterocycles. The second-order valence-corrected chi connectivity index (χ2v) is 6.42. The standard InChI is InChI=1S/C19H18F3N5O/c1-26(2)17-4-3-12(10-23-17)9-18(28)24-16-5-6-27(25-16)11-13-7-14(20)19(22)15(21)8-13/h3-8,10H,9,11H2,1-2H3,(H,24,25,28). The zero-order valence-electron chi connectivity index (χ0n) is 15.3. The Morgan fingerprint density at radius 1 is 1.11 bits per heavy atom. The summed E-state index contributed by atoms with van der Waals surface area (Å²) < 4.78 is 41.0. The fourth-order valence-corrected chi connectivity index (χ4v) is 2.56. The van der Waals surface area contributed by atoms with Gasteiger partial charge in [-0.2, -0.15) is 5.10 Å². The minimum atomic E-state index is -1.51. The number of hydrogen-bond donors (Lipinski definition) is 1. The Kier molecular flexibility index (Phi) is 5.62. The zero-order valence-corrected chi connectivity index (χ0v) is 15.3. The lowest BCUT2D eigenvalue weighted by Crippen LogP contribution is -2.16. The second-order valence-electron chi connectivity index (χ2n) is 6.42. The Hall–Kier alpha value is -3.36. The van der Waals surface area contributed by atoms with Crippen LogP contribution in [0.1, 0.15) is 11.1 Å². The van der Waals surface area contributed by atoms with Crippen molar-refractivity contribution >= 4 is 17.5 Å². The van der Waals surface area contributed by atoms with Gasteiger partial charge in [0.2, 0.25) is 5.91 Å². The maximum atomic E-state index is 13.3. The van der Waals surface area contributed by atoms with E-state index in [0.717, 1.165) is 23.5 Å². The molecular weight excluding hydrogens is 371 g/mol. The third kappa shape index (κ3) is 4.67. The Labute approximate surface area is 159 Å². The van der Waals surface area contributed by atoms with Gasteiger partial charge in [0.05, 0.1) is 13.0 Å². The quantitative estimate of drug-likeness (QED) is 0.659. The average molecular weight is 389 g/mol. The van der Waals surface area contributed by atoms with Crippen molar-refractivity contribution in [3.63, 3.8) is 0 Å². The van der Waals surface area contributed by atoms with E-state index in [4.69, 9.17) is 0 Å². The van der Waals surface area contributed by atoms with Crippen molar-refractivity contribution in [2.45, 2.75) is 13.0 Å². The van der Waals surface area contributed by atoms with Crippen molar-refractivity contribution in [1.82, 2.24) is 14.8 Å². The number of pyridine rings is 1. The van der Waals surface area contributed by atoms with Crippen LogP contribution in [0.15, 0.2) is 42.7 Å². The molecule has 0 spiro atoms. The molecule has 0 aliphatic carbocycles. The first-order valence-corrected chi connectivity index (χ1v) is 8.41. The van der Waals surface area contributed by atoms with E-state index in [9.17, 15) is 18.0 Å². The van der Waals surface area contributed by atoms with Gasteiger partial charge in [-0.25, -0.2) is 18.2 Å². The van der Waals surface area contributed by atoms with Gasteiger partial charge in [0.25, 0.3) is 0 Å². The lowest BCUT2D eigenvalue weighted by atomic mass is 10.2. The van der Waals surface area contributed by atoms with Crippen LogP contribution in [-0.4, -0.2) is 34.8 Å². The predicted octanol–water partition coefficient (Wildman–Crippen LogP) is 2.99. The summed E-state index contributed by atoms with van der Waals surface area (Å²) in [6.45, 7) is 0.0277. The number of halogens is 3. The lowest BCUT2D eigenvalue weighted by molar-refractivity contribution is -0.115. The summed E-state index contributed by atoms with van der Waals surface area (Å²) in [7, 11) is 3.75. The molecule has 0 fully saturated rings. The Morgan fingerprint density at radius 3 is 2.43 bits per heavy atom. The molecule has 0 atom stereocenters. The molecule has 1 amide bonds. The van der Waals surface area contributed by atoms with Crippen molar-refractivity contribution in [3.05, 3.63) is 71.3 Å². The van der Waals surface area contributed by atoms with Crippen LogP contribution in [-0.2, 0) is 17.8 Å². The van der Waals surface area contributed by atoms with Crippen LogP contribution in [0, 0.1) is 17.5 Å². The highest BCUT2D eigenvalue weighted by Crippen LogP contribution is 2.15. The predicted molar refractivity (Wildman–Crippen MR) is 98.5 cm³/mol. The molecular formula is C19H18F3N5O. The molecule has 28 heavy (non-hydrogen) atoms.